The molecule has 15 heavy (non-hydrogen) atoms. The first-order valence-corrected chi connectivity index (χ1v) is 7.08. The smallest absolute Gasteiger partial charge is 0.226 e. The number of aromatic nitrogens is 1. The van der Waals surface area contributed by atoms with Gasteiger partial charge < -0.3 is 5.32 Å². The molecule has 1 heterocycles. The number of aryl methyl sites for hydroxylation is 2. The normalized spacial score (nSPS) is 14.7. The molecule has 0 aliphatic heterocycles. The van der Waals surface area contributed by atoms with E-state index in [1.54, 1.807) is 11.3 Å². The van der Waals surface area contributed by atoms with Crippen LogP contribution >= 0.6 is 27.3 Å². The number of carbonyl (C=O) groups is 1. The van der Waals surface area contributed by atoms with Crippen LogP contribution in [-0.2, 0) is 17.6 Å². The van der Waals surface area contributed by atoms with Crippen molar-refractivity contribution in [2.75, 3.05) is 10.6 Å². The number of alkyl halides is 1. The van der Waals surface area contributed by atoms with Crippen LogP contribution in [0.15, 0.2) is 0 Å². The molecule has 0 saturated carbocycles. The van der Waals surface area contributed by atoms with Crippen molar-refractivity contribution in [2.24, 2.45) is 0 Å². The Bertz CT molecular complexity index is 341. The van der Waals surface area contributed by atoms with Crippen LogP contribution in [0.1, 0.15) is 29.8 Å². The van der Waals surface area contributed by atoms with Gasteiger partial charge >= 0.3 is 0 Å². The van der Waals surface area contributed by atoms with Crippen LogP contribution in [0, 0.1) is 0 Å². The number of hydrogen-bond donors (Lipinski definition) is 1. The van der Waals surface area contributed by atoms with Gasteiger partial charge in [-0.05, 0) is 25.7 Å². The predicted molar refractivity (Wildman–Crippen MR) is 65.8 cm³/mol. The van der Waals surface area contributed by atoms with Gasteiger partial charge in [0.05, 0.1) is 5.69 Å². The average molecular weight is 289 g/mol. The predicted octanol–water partition coefficient (Wildman–Crippen LogP) is 2.75. The number of nitrogens with zero attached hydrogens (tertiary/aromatic N) is 1. The number of hydrogen-bond acceptors (Lipinski definition) is 3. The highest BCUT2D eigenvalue weighted by atomic mass is 79.9. The number of rotatable bonds is 3. The maximum absolute atomic E-state index is 11.4. The first-order valence-electron chi connectivity index (χ1n) is 5.14. The molecule has 0 fully saturated rings. The van der Waals surface area contributed by atoms with E-state index in [4.69, 9.17) is 0 Å². The maximum atomic E-state index is 11.4. The van der Waals surface area contributed by atoms with Crippen molar-refractivity contribution >= 4 is 38.3 Å². The van der Waals surface area contributed by atoms with Crippen molar-refractivity contribution < 1.29 is 4.79 Å². The zero-order chi connectivity index (χ0) is 10.7. The lowest BCUT2D eigenvalue weighted by Gasteiger charge is -2.06. The van der Waals surface area contributed by atoms with Gasteiger partial charge in [-0.1, -0.05) is 15.9 Å². The van der Waals surface area contributed by atoms with Crippen LogP contribution in [-0.4, -0.2) is 16.2 Å². The molecule has 82 valence electrons. The Labute approximate surface area is 101 Å². The minimum Gasteiger partial charge on any atom is -0.302 e. The highest BCUT2D eigenvalue weighted by molar-refractivity contribution is 9.09. The Balaban J connectivity index is 2.03. The van der Waals surface area contributed by atoms with Crippen LogP contribution in [0.4, 0.5) is 5.13 Å². The minimum atomic E-state index is 0.0398. The SMILES string of the molecule is O=C(CCBr)Nc1nc2c(s1)CCCC2. The monoisotopic (exact) mass is 288 g/mol. The molecule has 1 amide bonds. The van der Waals surface area contributed by atoms with Crippen molar-refractivity contribution in [3.63, 3.8) is 0 Å². The van der Waals surface area contributed by atoms with E-state index in [9.17, 15) is 4.79 Å². The van der Waals surface area contributed by atoms with Crippen molar-refractivity contribution in [1.29, 1.82) is 0 Å². The number of thiazole rings is 1. The average Bonchev–Trinajstić information content (AvgIpc) is 2.59. The second-order valence-corrected chi connectivity index (χ2v) is 5.46. The fraction of sp³-hybridized carbons (Fsp3) is 0.600. The summed E-state index contributed by atoms with van der Waals surface area (Å²) in [7, 11) is 0. The fourth-order valence-electron chi connectivity index (χ4n) is 1.67. The first kappa shape index (κ1) is 11.1. The van der Waals surface area contributed by atoms with Gasteiger partial charge in [0, 0.05) is 16.6 Å². The molecule has 0 unspecified atom stereocenters. The largest absolute Gasteiger partial charge is 0.302 e. The molecule has 0 saturated heterocycles. The molecule has 3 nitrogen and oxygen atoms in total. The molecule has 2 rings (SSSR count). The van der Waals surface area contributed by atoms with Crippen molar-refractivity contribution in [1.82, 2.24) is 4.98 Å². The number of halogens is 1. The van der Waals surface area contributed by atoms with E-state index in [0.29, 0.717) is 11.8 Å². The number of fused-ring (bicyclic) bond motifs is 1. The van der Waals surface area contributed by atoms with Gasteiger partial charge in [-0.25, -0.2) is 4.98 Å². The van der Waals surface area contributed by atoms with Crippen molar-refractivity contribution in [3.8, 4) is 0 Å². The number of anilines is 1. The summed E-state index contributed by atoms with van der Waals surface area (Å²) < 4.78 is 0. The lowest BCUT2D eigenvalue weighted by Crippen LogP contribution is -2.11. The Morgan fingerprint density at radius 3 is 3.00 bits per heavy atom. The van der Waals surface area contributed by atoms with Gasteiger partial charge in [-0.15, -0.1) is 11.3 Å². The minimum absolute atomic E-state index is 0.0398. The molecular formula is C10H13BrN2OS. The molecule has 0 atom stereocenters. The summed E-state index contributed by atoms with van der Waals surface area (Å²) in [6.07, 6.45) is 5.18. The molecule has 0 bridgehead atoms. The quantitative estimate of drug-likeness (QED) is 0.869. The second-order valence-electron chi connectivity index (χ2n) is 3.58. The molecule has 1 aliphatic rings. The lowest BCUT2D eigenvalue weighted by atomic mass is 10.0. The van der Waals surface area contributed by atoms with Crippen LogP contribution in [0.3, 0.4) is 0 Å². The highest BCUT2D eigenvalue weighted by Gasteiger charge is 2.15. The summed E-state index contributed by atoms with van der Waals surface area (Å²) in [6, 6.07) is 0. The summed E-state index contributed by atoms with van der Waals surface area (Å²) in [5, 5.41) is 4.31. The molecule has 1 N–H and O–H groups in total. The molecular weight excluding hydrogens is 276 g/mol. The van der Waals surface area contributed by atoms with E-state index in [1.165, 1.54) is 23.4 Å². The third kappa shape index (κ3) is 2.78. The zero-order valence-corrected chi connectivity index (χ0v) is 10.8. The third-order valence-corrected chi connectivity index (χ3v) is 3.88. The Morgan fingerprint density at radius 1 is 1.47 bits per heavy atom. The van der Waals surface area contributed by atoms with Gasteiger partial charge in [-0.3, -0.25) is 4.79 Å². The number of nitrogens with one attached hydrogen (secondary N) is 1. The Morgan fingerprint density at radius 2 is 2.27 bits per heavy atom. The van der Waals surface area contributed by atoms with Gasteiger partial charge in [0.1, 0.15) is 0 Å². The van der Waals surface area contributed by atoms with E-state index in [0.717, 1.165) is 18.0 Å². The first-order chi connectivity index (χ1) is 7.29. The summed E-state index contributed by atoms with van der Waals surface area (Å²) >= 11 is 4.87. The van der Waals surface area contributed by atoms with Gasteiger partial charge in [0.25, 0.3) is 0 Å². The van der Waals surface area contributed by atoms with E-state index in [-0.39, 0.29) is 5.91 Å². The maximum Gasteiger partial charge on any atom is 0.226 e. The molecule has 0 radical (unpaired) electrons. The zero-order valence-electron chi connectivity index (χ0n) is 8.38. The van der Waals surface area contributed by atoms with Gasteiger partial charge in [0.2, 0.25) is 5.91 Å². The number of amides is 1. The van der Waals surface area contributed by atoms with Crippen LogP contribution < -0.4 is 5.32 Å². The lowest BCUT2D eigenvalue weighted by molar-refractivity contribution is -0.115. The van der Waals surface area contributed by atoms with E-state index in [2.05, 4.69) is 26.2 Å². The number of carbonyl (C=O) groups excluding carboxylic acids is 1. The van der Waals surface area contributed by atoms with E-state index >= 15 is 0 Å². The topological polar surface area (TPSA) is 42.0 Å². The van der Waals surface area contributed by atoms with E-state index < -0.39 is 0 Å². The standard InChI is InChI=1S/C10H13BrN2OS/c11-6-5-9(14)13-10-12-7-3-1-2-4-8(7)15-10/h1-6H2,(H,12,13,14). The van der Waals surface area contributed by atoms with Gasteiger partial charge in [0.15, 0.2) is 5.13 Å². The van der Waals surface area contributed by atoms with Crippen LogP contribution in [0.5, 0.6) is 0 Å². The molecule has 0 aromatic carbocycles. The molecule has 1 aromatic rings. The van der Waals surface area contributed by atoms with Crippen molar-refractivity contribution in [2.45, 2.75) is 32.1 Å². The van der Waals surface area contributed by atoms with Crippen LogP contribution in [0.2, 0.25) is 0 Å². The summed E-state index contributed by atoms with van der Waals surface area (Å²) in [4.78, 5) is 17.2. The summed E-state index contributed by atoms with van der Waals surface area (Å²) in [5.41, 5.74) is 1.19. The van der Waals surface area contributed by atoms with Gasteiger partial charge in [-0.2, -0.15) is 0 Å². The summed E-state index contributed by atoms with van der Waals surface area (Å²) in [5.74, 6) is 0.0398. The second kappa shape index (κ2) is 5.07. The van der Waals surface area contributed by atoms with Crippen LogP contribution in [0.25, 0.3) is 0 Å². The summed E-state index contributed by atoms with van der Waals surface area (Å²) in [6.45, 7) is 0. The Kier molecular flexibility index (Phi) is 3.75. The fourth-order valence-corrected chi connectivity index (χ4v) is 3.10. The van der Waals surface area contributed by atoms with E-state index in [1.807, 2.05) is 0 Å². The molecule has 5 heteroatoms. The molecule has 1 aromatic heterocycles. The third-order valence-electron chi connectivity index (χ3n) is 2.41. The van der Waals surface area contributed by atoms with Crippen molar-refractivity contribution in [3.05, 3.63) is 10.6 Å². The molecule has 0 spiro atoms. The highest BCUT2D eigenvalue weighted by Crippen LogP contribution is 2.29. The Hall–Kier alpha value is -0.420. The molecule has 1 aliphatic carbocycles.